The van der Waals surface area contributed by atoms with Gasteiger partial charge in [0, 0.05) is 6.07 Å². The third kappa shape index (κ3) is 3.67. The zero-order valence-corrected chi connectivity index (χ0v) is 14.9. The molecule has 1 aliphatic rings. The van der Waals surface area contributed by atoms with Crippen LogP contribution in [0.1, 0.15) is 6.42 Å². The first kappa shape index (κ1) is 17.9. The van der Waals surface area contributed by atoms with Crippen molar-refractivity contribution in [1.82, 2.24) is 0 Å². The van der Waals surface area contributed by atoms with Crippen LogP contribution in [0.4, 0.5) is 11.4 Å². The third-order valence-electron chi connectivity index (χ3n) is 3.83. The quantitative estimate of drug-likeness (QED) is 0.837. The summed E-state index contributed by atoms with van der Waals surface area (Å²) in [5, 5.41) is 5.72. The Labute approximate surface area is 155 Å². The summed E-state index contributed by atoms with van der Waals surface area (Å²) < 4.78 is 16.0. The first-order chi connectivity index (χ1) is 12.5. The highest BCUT2D eigenvalue weighted by Gasteiger charge is 2.29. The van der Waals surface area contributed by atoms with E-state index >= 15 is 0 Å². The Balaban J connectivity index is 1.72. The van der Waals surface area contributed by atoms with Crippen molar-refractivity contribution in [3.05, 3.63) is 41.4 Å². The second kappa shape index (κ2) is 7.53. The summed E-state index contributed by atoms with van der Waals surface area (Å²) in [5.74, 6) is 0.546. The second-order valence-corrected chi connectivity index (χ2v) is 5.94. The molecule has 0 radical (unpaired) electrons. The van der Waals surface area contributed by atoms with E-state index in [9.17, 15) is 9.59 Å². The Morgan fingerprint density at radius 1 is 1.23 bits per heavy atom. The van der Waals surface area contributed by atoms with E-state index in [1.807, 2.05) is 0 Å². The van der Waals surface area contributed by atoms with Crippen LogP contribution in [0.5, 0.6) is 17.2 Å². The molecule has 2 aromatic carbocycles. The van der Waals surface area contributed by atoms with Gasteiger partial charge in [0.25, 0.3) is 5.91 Å². The number of rotatable bonds is 5. The van der Waals surface area contributed by atoms with Gasteiger partial charge in [-0.25, -0.2) is 0 Å². The van der Waals surface area contributed by atoms with Crippen molar-refractivity contribution in [2.24, 2.45) is 0 Å². The minimum atomic E-state index is -0.926. The molecule has 7 nitrogen and oxygen atoms in total. The molecule has 2 N–H and O–H groups in total. The fourth-order valence-electron chi connectivity index (χ4n) is 2.55. The molecule has 0 saturated carbocycles. The molecule has 1 aliphatic heterocycles. The minimum Gasteiger partial charge on any atom is -0.495 e. The largest absolute Gasteiger partial charge is 0.495 e. The summed E-state index contributed by atoms with van der Waals surface area (Å²) in [7, 11) is 2.95. The maximum atomic E-state index is 12.4. The average Bonchev–Trinajstić information content (AvgIpc) is 2.62. The van der Waals surface area contributed by atoms with Crippen LogP contribution in [-0.2, 0) is 9.59 Å². The van der Waals surface area contributed by atoms with Crippen molar-refractivity contribution in [3.8, 4) is 17.2 Å². The SMILES string of the molecule is COc1cc(OC)c(NC(=O)C[C@@H]2Oc3ccccc3NC2=O)cc1Cl. The predicted molar refractivity (Wildman–Crippen MR) is 97.3 cm³/mol. The zero-order chi connectivity index (χ0) is 18.7. The van der Waals surface area contributed by atoms with E-state index in [1.165, 1.54) is 20.3 Å². The van der Waals surface area contributed by atoms with Crippen LogP contribution < -0.4 is 24.8 Å². The van der Waals surface area contributed by atoms with Gasteiger partial charge in [0.1, 0.15) is 17.2 Å². The van der Waals surface area contributed by atoms with Crippen molar-refractivity contribution >= 4 is 34.8 Å². The molecule has 1 heterocycles. The third-order valence-corrected chi connectivity index (χ3v) is 4.12. The van der Waals surface area contributed by atoms with E-state index in [2.05, 4.69) is 10.6 Å². The summed E-state index contributed by atoms with van der Waals surface area (Å²) in [4.78, 5) is 24.5. The summed E-state index contributed by atoms with van der Waals surface area (Å²) >= 11 is 6.09. The van der Waals surface area contributed by atoms with Gasteiger partial charge in [-0.05, 0) is 18.2 Å². The fraction of sp³-hybridized carbons (Fsp3) is 0.222. The molecule has 136 valence electrons. The molecule has 26 heavy (non-hydrogen) atoms. The number of hydrogen-bond acceptors (Lipinski definition) is 5. The number of para-hydroxylation sites is 2. The Hall–Kier alpha value is -2.93. The van der Waals surface area contributed by atoms with E-state index in [4.69, 9.17) is 25.8 Å². The number of anilines is 2. The number of carbonyl (C=O) groups excluding carboxylic acids is 2. The van der Waals surface area contributed by atoms with Gasteiger partial charge in [-0.15, -0.1) is 0 Å². The number of benzene rings is 2. The molecule has 0 aromatic heterocycles. The van der Waals surface area contributed by atoms with Crippen LogP contribution in [0.2, 0.25) is 5.02 Å². The van der Waals surface area contributed by atoms with Gasteiger partial charge in [0.15, 0.2) is 6.10 Å². The number of nitrogens with one attached hydrogen (secondary N) is 2. The van der Waals surface area contributed by atoms with E-state index in [0.717, 1.165) is 0 Å². The molecule has 0 unspecified atom stereocenters. The van der Waals surface area contributed by atoms with Crippen LogP contribution >= 0.6 is 11.6 Å². The summed E-state index contributed by atoms with van der Waals surface area (Å²) in [6.07, 6.45) is -1.09. The number of amides is 2. The molecule has 0 aliphatic carbocycles. The number of carbonyl (C=O) groups is 2. The standard InChI is InChI=1S/C18H17ClN2O5/c1-24-14-8-15(25-2)12(7-10(14)19)20-17(22)9-16-18(23)21-11-5-3-4-6-13(11)26-16/h3-8,16H,9H2,1-2H3,(H,20,22)(H,21,23)/t16-/m0/s1. The Morgan fingerprint density at radius 2 is 1.96 bits per heavy atom. The molecule has 2 aromatic rings. The van der Waals surface area contributed by atoms with Crippen molar-refractivity contribution in [3.63, 3.8) is 0 Å². The van der Waals surface area contributed by atoms with Gasteiger partial charge in [-0.3, -0.25) is 9.59 Å². The number of ether oxygens (including phenoxy) is 3. The maximum absolute atomic E-state index is 12.4. The lowest BCUT2D eigenvalue weighted by Crippen LogP contribution is -2.39. The maximum Gasteiger partial charge on any atom is 0.266 e. The monoisotopic (exact) mass is 376 g/mol. The summed E-state index contributed by atoms with van der Waals surface area (Å²) in [5.41, 5.74) is 0.956. The second-order valence-electron chi connectivity index (χ2n) is 5.53. The molecule has 0 spiro atoms. The van der Waals surface area contributed by atoms with Crippen LogP contribution in [0.3, 0.4) is 0 Å². The number of halogens is 1. The van der Waals surface area contributed by atoms with Gasteiger partial charge in [0.2, 0.25) is 5.91 Å². The highest BCUT2D eigenvalue weighted by molar-refractivity contribution is 6.32. The fourth-order valence-corrected chi connectivity index (χ4v) is 2.80. The van der Waals surface area contributed by atoms with Crippen LogP contribution in [-0.4, -0.2) is 32.1 Å². The first-order valence-corrected chi connectivity index (χ1v) is 8.17. The lowest BCUT2D eigenvalue weighted by Gasteiger charge is -2.25. The van der Waals surface area contributed by atoms with Crippen molar-refractivity contribution in [2.45, 2.75) is 12.5 Å². The summed E-state index contributed by atoms with van der Waals surface area (Å²) in [6.45, 7) is 0. The molecule has 0 saturated heterocycles. The minimum absolute atomic E-state index is 0.160. The number of fused-ring (bicyclic) bond motifs is 1. The van der Waals surface area contributed by atoms with Gasteiger partial charge < -0.3 is 24.8 Å². The van der Waals surface area contributed by atoms with Gasteiger partial charge in [-0.2, -0.15) is 0 Å². The zero-order valence-electron chi connectivity index (χ0n) is 14.2. The highest BCUT2D eigenvalue weighted by Crippen LogP contribution is 2.36. The predicted octanol–water partition coefficient (Wildman–Crippen LogP) is 3.09. The van der Waals surface area contributed by atoms with Crippen LogP contribution in [0, 0.1) is 0 Å². The van der Waals surface area contributed by atoms with E-state index < -0.39 is 12.0 Å². The normalized spacial score (nSPS) is 15.3. The molecule has 1 atom stereocenters. The molecular weight excluding hydrogens is 360 g/mol. The molecule has 0 fully saturated rings. The number of methoxy groups -OCH3 is 2. The average molecular weight is 377 g/mol. The first-order valence-electron chi connectivity index (χ1n) is 7.79. The lowest BCUT2D eigenvalue weighted by atomic mass is 10.1. The Bertz CT molecular complexity index is 855. The number of hydrogen-bond donors (Lipinski definition) is 2. The van der Waals surface area contributed by atoms with Gasteiger partial charge >= 0.3 is 0 Å². The Kier molecular flexibility index (Phi) is 5.18. The van der Waals surface area contributed by atoms with E-state index in [-0.39, 0.29) is 12.3 Å². The molecule has 2 amide bonds. The van der Waals surface area contributed by atoms with Crippen molar-refractivity contribution in [2.75, 3.05) is 24.9 Å². The smallest absolute Gasteiger partial charge is 0.266 e. The highest BCUT2D eigenvalue weighted by atomic mass is 35.5. The van der Waals surface area contributed by atoms with Crippen molar-refractivity contribution in [1.29, 1.82) is 0 Å². The van der Waals surface area contributed by atoms with Gasteiger partial charge in [-0.1, -0.05) is 23.7 Å². The van der Waals surface area contributed by atoms with Gasteiger partial charge in [0.05, 0.1) is 37.0 Å². The molecule has 3 rings (SSSR count). The molecular formula is C18H17ClN2O5. The van der Waals surface area contributed by atoms with Crippen molar-refractivity contribution < 1.29 is 23.8 Å². The topological polar surface area (TPSA) is 85.9 Å². The summed E-state index contributed by atoms with van der Waals surface area (Å²) in [6, 6.07) is 10.1. The molecule has 0 bridgehead atoms. The van der Waals surface area contributed by atoms with Crippen LogP contribution in [0.15, 0.2) is 36.4 Å². The Morgan fingerprint density at radius 3 is 2.69 bits per heavy atom. The molecule has 8 heteroatoms. The lowest BCUT2D eigenvalue weighted by molar-refractivity contribution is -0.128. The van der Waals surface area contributed by atoms with E-state index in [0.29, 0.717) is 33.6 Å². The van der Waals surface area contributed by atoms with Crippen LogP contribution in [0.25, 0.3) is 0 Å². The van der Waals surface area contributed by atoms with E-state index in [1.54, 1.807) is 30.3 Å².